The number of carbonyl (C=O) groups is 1. The molecule has 1 fully saturated rings. The lowest BCUT2D eigenvalue weighted by molar-refractivity contribution is -0.120. The van der Waals surface area contributed by atoms with E-state index in [2.05, 4.69) is 46.5 Å². The van der Waals surface area contributed by atoms with Crippen LogP contribution >= 0.6 is 11.3 Å². The molecule has 0 atom stereocenters. The van der Waals surface area contributed by atoms with E-state index in [4.69, 9.17) is 0 Å². The van der Waals surface area contributed by atoms with Gasteiger partial charge in [0.15, 0.2) is 5.78 Å². The molecule has 0 amide bonds. The van der Waals surface area contributed by atoms with Crippen molar-refractivity contribution in [3.05, 3.63) is 47.5 Å². The molecule has 3 rings (SSSR count). The number of ketones is 1. The number of benzene rings is 1. The highest BCUT2D eigenvalue weighted by Crippen LogP contribution is 2.38. The number of allylic oxidation sites excluding steroid dienone is 1. The van der Waals surface area contributed by atoms with Crippen LogP contribution in [0.25, 0.3) is 10.1 Å². The Kier molecular flexibility index (Phi) is 4.91. The maximum absolute atomic E-state index is 12.4. The van der Waals surface area contributed by atoms with Gasteiger partial charge in [-0.2, -0.15) is 0 Å². The van der Waals surface area contributed by atoms with E-state index in [0.29, 0.717) is 11.6 Å². The second kappa shape index (κ2) is 7.09. The van der Waals surface area contributed by atoms with Crippen LogP contribution in [-0.2, 0) is 4.79 Å². The zero-order valence-electron chi connectivity index (χ0n) is 13.4. The minimum absolute atomic E-state index is 0.0985. The molecule has 0 unspecified atom stereocenters. The Bertz CT molecular complexity index is 739. The molecule has 1 N–H and O–H groups in total. The highest BCUT2D eigenvalue weighted by atomic mass is 32.1. The van der Waals surface area contributed by atoms with Crippen LogP contribution in [0.15, 0.2) is 46.9 Å². The second-order valence-corrected chi connectivity index (χ2v) is 7.09. The summed E-state index contributed by atoms with van der Waals surface area (Å²) >= 11 is 1.78. The number of hydrogen-bond donors (Lipinski definition) is 1. The number of carbonyl (C=O) groups excluding carboxylic acids is 1. The maximum Gasteiger partial charge on any atom is 0.181 e. The van der Waals surface area contributed by atoms with Crippen LogP contribution in [0.5, 0.6) is 0 Å². The van der Waals surface area contributed by atoms with Crippen molar-refractivity contribution in [2.75, 3.05) is 7.05 Å². The predicted molar refractivity (Wildman–Crippen MR) is 98.2 cm³/mol. The molecule has 0 bridgehead atoms. The monoisotopic (exact) mass is 326 g/mol. The van der Waals surface area contributed by atoms with Crippen molar-refractivity contribution in [1.29, 1.82) is 0 Å². The van der Waals surface area contributed by atoms with Crippen molar-refractivity contribution in [3.8, 4) is 0 Å². The lowest BCUT2D eigenvalue weighted by Gasteiger charge is -2.28. The zero-order chi connectivity index (χ0) is 16.2. The lowest BCUT2D eigenvalue weighted by Crippen LogP contribution is -2.27. The standard InChI is InChI=1S/C19H22N2OS/c1-13(21-12-20-2)19(22)15-5-3-14(4-6-15)16-7-8-18-17(11-16)9-10-23-18/h7-12,14-15H,1,3-6H2,2H3,(H,20,21). The van der Waals surface area contributed by atoms with Crippen molar-refractivity contribution in [3.63, 3.8) is 0 Å². The number of fused-ring (bicyclic) bond motifs is 1. The van der Waals surface area contributed by atoms with Crippen molar-refractivity contribution < 1.29 is 4.79 Å². The molecule has 1 saturated carbocycles. The van der Waals surface area contributed by atoms with Crippen LogP contribution in [0.1, 0.15) is 37.2 Å². The third kappa shape index (κ3) is 3.53. The first-order valence-corrected chi connectivity index (χ1v) is 8.94. The molecule has 1 heterocycles. The number of aliphatic imine (C=N–C) groups is 1. The van der Waals surface area contributed by atoms with E-state index in [1.165, 1.54) is 22.0 Å². The van der Waals surface area contributed by atoms with E-state index in [1.54, 1.807) is 18.4 Å². The molecule has 1 aromatic heterocycles. The van der Waals surface area contributed by atoms with Crippen LogP contribution in [0.3, 0.4) is 0 Å². The third-order valence-corrected chi connectivity index (χ3v) is 5.61. The van der Waals surface area contributed by atoms with E-state index in [-0.39, 0.29) is 11.7 Å². The normalized spacial score (nSPS) is 21.6. The van der Waals surface area contributed by atoms with Gasteiger partial charge in [-0.1, -0.05) is 18.7 Å². The average molecular weight is 326 g/mol. The molecule has 3 nitrogen and oxygen atoms in total. The van der Waals surface area contributed by atoms with E-state index < -0.39 is 0 Å². The van der Waals surface area contributed by atoms with Gasteiger partial charge in [-0.05, 0) is 60.1 Å². The number of hydrogen-bond acceptors (Lipinski definition) is 3. The fourth-order valence-corrected chi connectivity index (χ4v) is 4.16. The van der Waals surface area contributed by atoms with Crippen LogP contribution in [0.4, 0.5) is 0 Å². The first kappa shape index (κ1) is 15.9. The molecule has 1 aliphatic carbocycles. The van der Waals surface area contributed by atoms with Crippen LogP contribution in [-0.4, -0.2) is 19.2 Å². The maximum atomic E-state index is 12.4. The minimum atomic E-state index is 0.0985. The fraction of sp³-hybridized carbons (Fsp3) is 0.368. The highest BCUT2D eigenvalue weighted by Gasteiger charge is 2.28. The van der Waals surface area contributed by atoms with Crippen molar-refractivity contribution in [2.45, 2.75) is 31.6 Å². The SMILES string of the molecule is C=C(N/C=N\C)C(=O)C1CCC(c2ccc3sccc3c2)CC1. The summed E-state index contributed by atoms with van der Waals surface area (Å²) in [4.78, 5) is 16.2. The van der Waals surface area contributed by atoms with E-state index in [9.17, 15) is 4.79 Å². The molecule has 2 aromatic rings. The summed E-state index contributed by atoms with van der Waals surface area (Å²) in [7, 11) is 1.67. The largest absolute Gasteiger partial charge is 0.344 e. The molecule has 0 spiro atoms. The molecule has 120 valence electrons. The van der Waals surface area contributed by atoms with Gasteiger partial charge in [0.05, 0.1) is 12.0 Å². The number of nitrogens with one attached hydrogen (secondary N) is 1. The molecule has 0 saturated heterocycles. The van der Waals surface area contributed by atoms with Crippen LogP contribution in [0.2, 0.25) is 0 Å². The summed E-state index contributed by atoms with van der Waals surface area (Å²) in [5.41, 5.74) is 1.87. The van der Waals surface area contributed by atoms with Gasteiger partial charge in [-0.25, -0.2) is 0 Å². The number of Topliss-reactive ketones (excluding diaryl/α,β-unsaturated/α-hetero) is 1. The fourth-order valence-electron chi connectivity index (χ4n) is 3.39. The summed E-state index contributed by atoms with van der Waals surface area (Å²) in [6, 6.07) is 8.98. The topological polar surface area (TPSA) is 41.5 Å². The van der Waals surface area contributed by atoms with Gasteiger partial charge in [0.1, 0.15) is 0 Å². The molecule has 1 aliphatic rings. The van der Waals surface area contributed by atoms with E-state index in [1.807, 2.05) is 0 Å². The molecular weight excluding hydrogens is 304 g/mol. The van der Waals surface area contributed by atoms with Gasteiger partial charge in [0, 0.05) is 17.7 Å². The summed E-state index contributed by atoms with van der Waals surface area (Å²) < 4.78 is 1.34. The Morgan fingerprint density at radius 3 is 2.83 bits per heavy atom. The Morgan fingerprint density at radius 1 is 1.30 bits per heavy atom. The first-order chi connectivity index (χ1) is 11.2. The van der Waals surface area contributed by atoms with Crippen molar-refractivity contribution in [1.82, 2.24) is 5.32 Å². The second-order valence-electron chi connectivity index (χ2n) is 6.14. The predicted octanol–water partition coefficient (Wildman–Crippen LogP) is 4.51. The minimum Gasteiger partial charge on any atom is -0.344 e. The highest BCUT2D eigenvalue weighted by molar-refractivity contribution is 7.17. The zero-order valence-corrected chi connectivity index (χ0v) is 14.2. The molecular formula is C19H22N2OS. The van der Waals surface area contributed by atoms with Gasteiger partial charge < -0.3 is 5.32 Å². The summed E-state index contributed by atoms with van der Waals surface area (Å²) in [6.45, 7) is 3.82. The third-order valence-electron chi connectivity index (χ3n) is 4.71. The Morgan fingerprint density at radius 2 is 2.09 bits per heavy atom. The van der Waals surface area contributed by atoms with Crippen molar-refractivity contribution in [2.24, 2.45) is 10.9 Å². The molecule has 23 heavy (non-hydrogen) atoms. The summed E-state index contributed by atoms with van der Waals surface area (Å²) in [5.74, 6) is 0.805. The van der Waals surface area contributed by atoms with Gasteiger partial charge in [-0.15, -0.1) is 11.3 Å². The van der Waals surface area contributed by atoms with Gasteiger partial charge in [0.2, 0.25) is 0 Å². The van der Waals surface area contributed by atoms with Crippen LogP contribution in [0, 0.1) is 5.92 Å². The Hall–Kier alpha value is -1.94. The Labute approximate surface area is 141 Å². The lowest BCUT2D eigenvalue weighted by atomic mass is 9.76. The van der Waals surface area contributed by atoms with Crippen molar-refractivity contribution >= 4 is 33.5 Å². The molecule has 0 aliphatic heterocycles. The smallest absolute Gasteiger partial charge is 0.181 e. The van der Waals surface area contributed by atoms with E-state index in [0.717, 1.165) is 25.7 Å². The van der Waals surface area contributed by atoms with Crippen LogP contribution < -0.4 is 5.32 Å². The molecule has 1 aromatic carbocycles. The van der Waals surface area contributed by atoms with Gasteiger partial charge in [-0.3, -0.25) is 9.79 Å². The first-order valence-electron chi connectivity index (χ1n) is 8.06. The summed E-state index contributed by atoms with van der Waals surface area (Å²) in [6.07, 6.45) is 5.54. The average Bonchev–Trinajstić information content (AvgIpc) is 3.06. The number of nitrogens with zero attached hydrogens (tertiary/aromatic N) is 1. The quantitative estimate of drug-likeness (QED) is 0.499. The number of thiophene rings is 1. The number of rotatable bonds is 5. The van der Waals surface area contributed by atoms with E-state index >= 15 is 0 Å². The molecule has 0 radical (unpaired) electrons. The van der Waals surface area contributed by atoms with Gasteiger partial charge >= 0.3 is 0 Å². The molecule has 4 heteroatoms. The van der Waals surface area contributed by atoms with Gasteiger partial charge in [0.25, 0.3) is 0 Å². The summed E-state index contributed by atoms with van der Waals surface area (Å²) in [5, 5.41) is 6.33. The Balaban J connectivity index is 1.61.